The highest BCUT2D eigenvalue weighted by atomic mass is 19.1. The average molecular weight is 623 g/mol. The lowest BCUT2D eigenvalue weighted by atomic mass is 9.76. The minimum atomic E-state index is -1.97. The number of rotatable bonds is 15. The fraction of sp³-hybridized carbons (Fsp3) is 0.889. The number of aliphatic hydroxyl groups excluding tert-OH is 3. The predicted octanol–water partition coefficient (Wildman–Crippen LogP) is -3.97. The zero-order valence-corrected chi connectivity index (χ0v) is 24.9. The zero-order chi connectivity index (χ0) is 31.9. The second-order valence-electron chi connectivity index (χ2n) is 11.8. The second kappa shape index (κ2) is 16.3. The van der Waals surface area contributed by atoms with E-state index >= 15 is 0 Å². The molecule has 2 fully saturated rings. The highest BCUT2D eigenvalue weighted by Gasteiger charge is 2.52. The van der Waals surface area contributed by atoms with Gasteiger partial charge in [0.2, 0.25) is 6.29 Å². The van der Waals surface area contributed by atoms with E-state index < -0.39 is 91.6 Å². The standard InChI is InChI=1S/C27H51FN6O9/c1-27(39)12-40-26(21(38)24(27)33-2)42-22-13(9-18(35)19(36)15(28)11-31)8-16(32)23(20(22)37)43-25-17(34-7-3-6-29)5-4-14(10-30)41-25/h4,13,15-17,19-26,33-34,36-39H,3,5-12,29-32H2,1-2H3/t13-,15?,16-,17+,19?,20+,21+,22-,23?,24+,25+,26+,27-/m0/s1. The van der Waals surface area contributed by atoms with E-state index in [0.29, 0.717) is 31.7 Å². The Labute approximate surface area is 251 Å². The van der Waals surface area contributed by atoms with Gasteiger partial charge in [0, 0.05) is 19.0 Å². The quantitative estimate of drug-likeness (QED) is 0.0781. The first-order valence-electron chi connectivity index (χ1n) is 14.9. The van der Waals surface area contributed by atoms with Crippen molar-refractivity contribution >= 4 is 5.78 Å². The van der Waals surface area contributed by atoms with Gasteiger partial charge < -0.3 is 72.9 Å². The number of nitrogens with one attached hydrogen (secondary N) is 2. The second-order valence-corrected chi connectivity index (χ2v) is 11.8. The van der Waals surface area contributed by atoms with Crippen LogP contribution in [-0.4, -0.2) is 139 Å². The minimum absolute atomic E-state index is 0.0675. The molecular weight excluding hydrogens is 571 g/mol. The molecule has 1 saturated heterocycles. The Hall–Kier alpha value is -1.38. The van der Waals surface area contributed by atoms with E-state index in [1.54, 1.807) is 7.05 Å². The molecule has 250 valence electrons. The van der Waals surface area contributed by atoms with Crippen LogP contribution in [0.3, 0.4) is 0 Å². The number of carbonyl (C=O) groups is 1. The highest BCUT2D eigenvalue weighted by molar-refractivity contribution is 5.83. The van der Waals surface area contributed by atoms with Crippen molar-refractivity contribution in [3.05, 3.63) is 11.8 Å². The van der Waals surface area contributed by atoms with Crippen LogP contribution in [0.4, 0.5) is 4.39 Å². The lowest BCUT2D eigenvalue weighted by molar-refractivity contribution is -0.308. The molecule has 16 heteroatoms. The van der Waals surface area contributed by atoms with Crippen molar-refractivity contribution < 1.29 is 48.6 Å². The summed E-state index contributed by atoms with van der Waals surface area (Å²) in [7, 11) is 1.56. The molecule has 0 aromatic rings. The molecule has 2 aliphatic heterocycles. The van der Waals surface area contributed by atoms with Gasteiger partial charge in [0.1, 0.15) is 41.9 Å². The van der Waals surface area contributed by atoms with Crippen molar-refractivity contribution in [3.63, 3.8) is 0 Å². The molecule has 13 atom stereocenters. The van der Waals surface area contributed by atoms with Crippen LogP contribution in [0.25, 0.3) is 0 Å². The van der Waals surface area contributed by atoms with Crippen molar-refractivity contribution in [2.75, 3.05) is 39.8 Å². The molecule has 2 heterocycles. The smallest absolute Gasteiger partial charge is 0.215 e. The molecule has 3 unspecified atom stereocenters. The summed E-state index contributed by atoms with van der Waals surface area (Å²) in [5, 5.41) is 49.6. The third-order valence-electron chi connectivity index (χ3n) is 8.40. The monoisotopic (exact) mass is 622 g/mol. The topological polar surface area (TPSA) is 263 Å². The largest absolute Gasteiger partial charge is 0.467 e. The van der Waals surface area contributed by atoms with Gasteiger partial charge in [-0.15, -0.1) is 0 Å². The average Bonchev–Trinajstić information content (AvgIpc) is 2.98. The van der Waals surface area contributed by atoms with E-state index in [4.69, 9.17) is 41.9 Å². The first kappa shape index (κ1) is 36.1. The number of aliphatic hydroxyl groups is 4. The van der Waals surface area contributed by atoms with E-state index in [2.05, 4.69) is 10.6 Å². The molecule has 43 heavy (non-hydrogen) atoms. The molecule has 0 radical (unpaired) electrons. The molecule has 15 nitrogen and oxygen atoms in total. The van der Waals surface area contributed by atoms with Gasteiger partial charge >= 0.3 is 0 Å². The van der Waals surface area contributed by atoms with Gasteiger partial charge in [-0.1, -0.05) is 0 Å². The van der Waals surface area contributed by atoms with Gasteiger partial charge in [-0.05, 0) is 58.3 Å². The molecule has 0 aromatic heterocycles. The number of hydrogen-bond acceptors (Lipinski definition) is 15. The van der Waals surface area contributed by atoms with Crippen LogP contribution < -0.4 is 33.6 Å². The molecule has 1 saturated carbocycles. The van der Waals surface area contributed by atoms with Gasteiger partial charge in [0.25, 0.3) is 0 Å². The molecule has 3 aliphatic rings. The van der Waals surface area contributed by atoms with Crippen molar-refractivity contribution in [1.29, 1.82) is 0 Å². The van der Waals surface area contributed by atoms with Crippen molar-refractivity contribution in [2.45, 2.75) is 106 Å². The molecule has 0 amide bonds. The predicted molar refractivity (Wildman–Crippen MR) is 153 cm³/mol. The number of alkyl halides is 1. The molecule has 14 N–H and O–H groups in total. The maximum atomic E-state index is 14.0. The SMILES string of the molecule is CN[C@@H]1[C@@H](O)[C@@H](O[C@H]2[C@H](CC(=O)C(O)C(F)CN)C[C@H](N)C(O[C@H]3OC(CN)=CC[C@H]3NCCCN)[C@@H]2O)OC[C@]1(C)O. The maximum absolute atomic E-state index is 14.0. The number of halogens is 1. The number of nitrogens with two attached hydrogens (primary N) is 4. The van der Waals surface area contributed by atoms with Gasteiger partial charge in [-0.2, -0.15) is 0 Å². The molecule has 0 bridgehead atoms. The fourth-order valence-corrected chi connectivity index (χ4v) is 5.97. The summed E-state index contributed by atoms with van der Waals surface area (Å²) in [6, 6.07) is -1.99. The Morgan fingerprint density at radius 2 is 1.91 bits per heavy atom. The van der Waals surface area contributed by atoms with Crippen LogP contribution in [0.5, 0.6) is 0 Å². The minimum Gasteiger partial charge on any atom is -0.467 e. The summed E-state index contributed by atoms with van der Waals surface area (Å²) in [6.45, 7) is 1.96. The Morgan fingerprint density at radius 3 is 2.53 bits per heavy atom. The van der Waals surface area contributed by atoms with E-state index in [1.165, 1.54) is 6.92 Å². The van der Waals surface area contributed by atoms with Crippen molar-refractivity contribution in [2.24, 2.45) is 28.9 Å². The van der Waals surface area contributed by atoms with Crippen LogP contribution in [-0.2, 0) is 23.7 Å². The van der Waals surface area contributed by atoms with Gasteiger partial charge in [0.05, 0.1) is 31.3 Å². The fourth-order valence-electron chi connectivity index (χ4n) is 5.97. The van der Waals surface area contributed by atoms with Gasteiger partial charge in [0.15, 0.2) is 12.1 Å². The summed E-state index contributed by atoms with van der Waals surface area (Å²) in [4.78, 5) is 12.8. The lowest BCUT2D eigenvalue weighted by Gasteiger charge is -2.49. The Bertz CT molecular complexity index is 920. The van der Waals surface area contributed by atoms with Gasteiger partial charge in [-0.3, -0.25) is 4.79 Å². The van der Waals surface area contributed by atoms with Crippen molar-refractivity contribution in [1.82, 2.24) is 10.6 Å². The number of hydrogen-bond donors (Lipinski definition) is 10. The van der Waals surface area contributed by atoms with Crippen molar-refractivity contribution in [3.8, 4) is 0 Å². The van der Waals surface area contributed by atoms with E-state index in [9.17, 15) is 29.6 Å². The third kappa shape index (κ3) is 8.88. The Kier molecular flexibility index (Phi) is 13.6. The summed E-state index contributed by atoms with van der Waals surface area (Å²) in [5.41, 5.74) is 21.8. The van der Waals surface area contributed by atoms with Crippen LogP contribution in [0.15, 0.2) is 11.8 Å². The van der Waals surface area contributed by atoms with Gasteiger partial charge in [-0.25, -0.2) is 4.39 Å². The maximum Gasteiger partial charge on any atom is 0.215 e. The van der Waals surface area contributed by atoms with E-state index in [0.717, 1.165) is 0 Å². The molecule has 0 spiro atoms. The number of ketones is 1. The van der Waals surface area contributed by atoms with Crippen LogP contribution in [0, 0.1) is 5.92 Å². The normalized spacial score (nSPS) is 39.9. The summed E-state index contributed by atoms with van der Waals surface area (Å²) in [5.74, 6) is -1.15. The number of ether oxygens (including phenoxy) is 4. The Morgan fingerprint density at radius 1 is 1.21 bits per heavy atom. The lowest BCUT2D eigenvalue weighted by Crippen LogP contribution is -2.67. The zero-order valence-electron chi connectivity index (χ0n) is 24.9. The first-order chi connectivity index (χ1) is 20.4. The Balaban J connectivity index is 1.85. The van der Waals surface area contributed by atoms with Crippen LogP contribution >= 0.6 is 0 Å². The number of Topliss-reactive ketones (excluding diaryl/α,β-unsaturated/α-hetero) is 1. The first-order valence-corrected chi connectivity index (χ1v) is 14.9. The molecule has 0 aromatic carbocycles. The van der Waals surface area contributed by atoms with E-state index in [-0.39, 0.29) is 25.6 Å². The van der Waals surface area contributed by atoms with Crippen LogP contribution in [0.2, 0.25) is 0 Å². The van der Waals surface area contributed by atoms with Crippen LogP contribution in [0.1, 0.15) is 32.6 Å². The summed E-state index contributed by atoms with van der Waals surface area (Å²) in [6.07, 6.45) is -8.50. The highest BCUT2D eigenvalue weighted by Crippen LogP contribution is 2.36. The summed E-state index contributed by atoms with van der Waals surface area (Å²) >= 11 is 0. The summed E-state index contributed by atoms with van der Waals surface area (Å²) < 4.78 is 38.0. The number of likely N-dealkylation sites (N-methyl/N-ethyl adjacent to an activating group) is 1. The molecule has 1 aliphatic carbocycles. The molecular formula is C27H51FN6O9. The van der Waals surface area contributed by atoms with E-state index in [1.807, 2.05) is 6.08 Å². The third-order valence-corrected chi connectivity index (χ3v) is 8.40. The number of carbonyl (C=O) groups excluding carboxylic acids is 1. The molecule has 3 rings (SSSR count).